The molecule has 1 amide bonds. The number of carbonyl (C=O) groups excluding carboxylic acids is 1. The summed E-state index contributed by atoms with van der Waals surface area (Å²) in [6, 6.07) is 5.96. The normalized spacial score (nSPS) is 11.7. The molecule has 30 heavy (non-hydrogen) atoms. The van der Waals surface area contributed by atoms with Gasteiger partial charge >= 0.3 is 6.09 Å². The van der Waals surface area contributed by atoms with E-state index < -0.39 is 20.5 Å². The number of ether oxygens (including phenoxy) is 3. The van der Waals surface area contributed by atoms with Crippen LogP contribution in [0.5, 0.6) is 0 Å². The Balaban J connectivity index is 2.35. The molecule has 0 saturated carbocycles. The van der Waals surface area contributed by atoms with Crippen molar-refractivity contribution >= 4 is 43.1 Å². The summed E-state index contributed by atoms with van der Waals surface area (Å²) in [7, 11) is -1.30. The van der Waals surface area contributed by atoms with Crippen LogP contribution in [0.15, 0.2) is 24.4 Å². The number of rotatable bonds is 10. The first-order valence-corrected chi connectivity index (χ1v) is 14.3. The number of aromatic nitrogens is 2. The van der Waals surface area contributed by atoms with Gasteiger partial charge in [0.2, 0.25) is 6.29 Å². The lowest BCUT2D eigenvalue weighted by molar-refractivity contribution is -0.143. The fourth-order valence-electron chi connectivity index (χ4n) is 2.63. The minimum atomic E-state index is -1.30. The van der Waals surface area contributed by atoms with Gasteiger partial charge in [-0.3, -0.25) is 5.32 Å². The van der Waals surface area contributed by atoms with Gasteiger partial charge in [0.05, 0.1) is 29.2 Å². The highest BCUT2D eigenvalue weighted by atomic mass is 35.5. The molecule has 0 bridgehead atoms. The fourth-order valence-corrected chi connectivity index (χ4v) is 3.83. The highest BCUT2D eigenvalue weighted by Gasteiger charge is 2.26. The van der Waals surface area contributed by atoms with E-state index in [0.717, 1.165) is 6.04 Å². The molecule has 7 nitrogen and oxygen atoms in total. The van der Waals surface area contributed by atoms with Gasteiger partial charge in [-0.1, -0.05) is 42.8 Å². The predicted molar refractivity (Wildman–Crippen MR) is 123 cm³/mol. The van der Waals surface area contributed by atoms with Crippen LogP contribution in [0.2, 0.25) is 35.7 Å². The largest absolute Gasteiger partial charge is 0.450 e. The summed E-state index contributed by atoms with van der Waals surface area (Å²) in [6.07, 6.45) is 0.208. The molecule has 10 heteroatoms. The zero-order valence-corrected chi connectivity index (χ0v) is 20.5. The summed E-state index contributed by atoms with van der Waals surface area (Å²) in [6.45, 7) is 11.6. The number of carbonyl (C=O) groups is 1. The van der Waals surface area contributed by atoms with Crippen molar-refractivity contribution < 1.29 is 19.0 Å². The lowest BCUT2D eigenvalue weighted by Gasteiger charge is -2.21. The van der Waals surface area contributed by atoms with E-state index in [1.165, 1.54) is 6.20 Å². The van der Waals surface area contributed by atoms with Crippen LogP contribution in [-0.4, -0.2) is 43.8 Å². The number of amides is 1. The van der Waals surface area contributed by atoms with E-state index in [1.807, 2.05) is 13.8 Å². The van der Waals surface area contributed by atoms with Crippen molar-refractivity contribution in [1.82, 2.24) is 9.78 Å². The molecule has 0 aliphatic heterocycles. The molecule has 1 aromatic carbocycles. The fraction of sp³-hybridized carbons (Fsp3) is 0.500. The zero-order chi connectivity index (χ0) is 22.3. The molecule has 1 N–H and O–H groups in total. The maximum absolute atomic E-state index is 12.4. The number of halogens is 2. The van der Waals surface area contributed by atoms with Crippen molar-refractivity contribution in [3.05, 3.63) is 40.1 Å². The Morgan fingerprint density at radius 2 is 1.87 bits per heavy atom. The minimum Gasteiger partial charge on any atom is -0.450 e. The summed E-state index contributed by atoms with van der Waals surface area (Å²) < 4.78 is 18.5. The van der Waals surface area contributed by atoms with Crippen molar-refractivity contribution in [2.24, 2.45) is 0 Å². The number of nitrogens with zero attached hydrogens (tertiary/aromatic N) is 2. The van der Waals surface area contributed by atoms with Gasteiger partial charge < -0.3 is 14.2 Å². The zero-order valence-electron chi connectivity index (χ0n) is 18.0. The first-order valence-electron chi connectivity index (χ1n) is 9.86. The first kappa shape index (κ1) is 24.7. The van der Waals surface area contributed by atoms with Gasteiger partial charge in [-0.05, 0) is 38.1 Å². The van der Waals surface area contributed by atoms with Gasteiger partial charge in [0.25, 0.3) is 0 Å². The molecule has 0 spiro atoms. The van der Waals surface area contributed by atoms with E-state index in [9.17, 15) is 4.79 Å². The van der Waals surface area contributed by atoms with Crippen molar-refractivity contribution in [2.75, 3.05) is 25.1 Å². The highest BCUT2D eigenvalue weighted by molar-refractivity contribution is 6.76. The number of nitrogens with one attached hydrogen (secondary N) is 1. The molecule has 2 rings (SSSR count). The van der Waals surface area contributed by atoms with Crippen LogP contribution in [0.1, 0.15) is 25.8 Å². The standard InChI is InChI=1S/C20H29Cl2N3O4Si/c1-6-27-19(28-7-2)18-16(24-20(26)29-10-11-30(3,4)5)13-23-25(18)17-9-8-14(21)12-15(17)22/h8-9,12-13,19H,6-7,10-11H2,1-5H3,(H,24,26). The second-order valence-electron chi connectivity index (χ2n) is 7.77. The second kappa shape index (κ2) is 11.2. The van der Waals surface area contributed by atoms with Crippen molar-refractivity contribution in [3.63, 3.8) is 0 Å². The minimum absolute atomic E-state index is 0.369. The van der Waals surface area contributed by atoms with E-state index in [-0.39, 0.29) is 0 Å². The number of hydrogen-bond donors (Lipinski definition) is 1. The molecular weight excluding hydrogens is 445 g/mol. The highest BCUT2D eigenvalue weighted by Crippen LogP contribution is 2.33. The Morgan fingerprint density at radius 3 is 2.43 bits per heavy atom. The Labute approximate surface area is 188 Å². The molecule has 1 heterocycles. The Hall–Kier alpha value is -1.58. The van der Waals surface area contributed by atoms with E-state index in [2.05, 4.69) is 30.1 Å². The molecule has 2 aromatic rings. The lowest BCUT2D eigenvalue weighted by atomic mass is 10.3. The molecule has 0 atom stereocenters. The summed E-state index contributed by atoms with van der Waals surface area (Å²) >= 11 is 12.4. The summed E-state index contributed by atoms with van der Waals surface area (Å²) in [4.78, 5) is 12.4. The van der Waals surface area contributed by atoms with Crippen LogP contribution >= 0.6 is 23.2 Å². The molecule has 0 fully saturated rings. The average Bonchev–Trinajstić information content (AvgIpc) is 3.03. The SMILES string of the molecule is CCOC(OCC)c1c(NC(=O)OCC[Si](C)(C)C)cnn1-c1ccc(Cl)cc1Cl. The molecular formula is C20H29Cl2N3O4Si. The Morgan fingerprint density at radius 1 is 1.20 bits per heavy atom. The molecule has 1 aromatic heterocycles. The van der Waals surface area contributed by atoms with E-state index in [4.69, 9.17) is 37.4 Å². The maximum Gasteiger partial charge on any atom is 0.411 e. The monoisotopic (exact) mass is 473 g/mol. The van der Waals surface area contributed by atoms with Crippen LogP contribution in [0.25, 0.3) is 5.69 Å². The summed E-state index contributed by atoms with van der Waals surface area (Å²) in [5, 5.41) is 8.07. The second-order valence-corrected chi connectivity index (χ2v) is 14.2. The third-order valence-electron chi connectivity index (χ3n) is 4.13. The van der Waals surface area contributed by atoms with Crippen molar-refractivity contribution in [2.45, 2.75) is 45.8 Å². The quantitative estimate of drug-likeness (QED) is 0.331. The summed E-state index contributed by atoms with van der Waals surface area (Å²) in [5.41, 5.74) is 1.51. The molecule has 166 valence electrons. The summed E-state index contributed by atoms with van der Waals surface area (Å²) in [5.74, 6) is 0. The molecule has 0 radical (unpaired) electrons. The van der Waals surface area contributed by atoms with Gasteiger partial charge in [-0.2, -0.15) is 5.10 Å². The number of benzene rings is 1. The van der Waals surface area contributed by atoms with Gasteiger partial charge in [0, 0.05) is 26.3 Å². The third-order valence-corrected chi connectivity index (χ3v) is 6.37. The topological polar surface area (TPSA) is 74.6 Å². The smallest absolute Gasteiger partial charge is 0.411 e. The van der Waals surface area contributed by atoms with Crippen LogP contribution < -0.4 is 5.32 Å². The van der Waals surface area contributed by atoms with Crippen LogP contribution in [0.3, 0.4) is 0 Å². The van der Waals surface area contributed by atoms with Gasteiger partial charge in [-0.25, -0.2) is 9.48 Å². The average molecular weight is 474 g/mol. The first-order chi connectivity index (χ1) is 14.2. The van der Waals surface area contributed by atoms with Crippen molar-refractivity contribution in [3.8, 4) is 5.69 Å². The van der Waals surface area contributed by atoms with E-state index in [0.29, 0.717) is 46.9 Å². The number of hydrogen-bond acceptors (Lipinski definition) is 5. The van der Waals surface area contributed by atoms with E-state index in [1.54, 1.807) is 22.9 Å². The lowest BCUT2D eigenvalue weighted by Crippen LogP contribution is -2.24. The molecule has 0 saturated heterocycles. The Kier molecular flexibility index (Phi) is 9.18. The van der Waals surface area contributed by atoms with Gasteiger partial charge in [0.15, 0.2) is 0 Å². The molecule has 0 unspecified atom stereocenters. The van der Waals surface area contributed by atoms with Crippen LogP contribution in [0, 0.1) is 0 Å². The molecule has 0 aliphatic rings. The van der Waals surface area contributed by atoms with Gasteiger partial charge in [0.1, 0.15) is 5.69 Å². The van der Waals surface area contributed by atoms with Crippen LogP contribution in [0.4, 0.5) is 10.5 Å². The number of anilines is 1. The van der Waals surface area contributed by atoms with Crippen molar-refractivity contribution in [1.29, 1.82) is 0 Å². The predicted octanol–water partition coefficient (Wildman–Crippen LogP) is 6.14. The van der Waals surface area contributed by atoms with E-state index >= 15 is 0 Å². The molecule has 0 aliphatic carbocycles. The third kappa shape index (κ3) is 6.99. The Bertz CT molecular complexity index is 849. The van der Waals surface area contributed by atoms with Crippen LogP contribution in [-0.2, 0) is 14.2 Å². The van der Waals surface area contributed by atoms with Gasteiger partial charge in [-0.15, -0.1) is 0 Å². The maximum atomic E-state index is 12.4.